The molecule has 0 unspecified atom stereocenters. The second-order valence-electron chi connectivity index (χ2n) is 14.9. The van der Waals surface area contributed by atoms with Crippen molar-refractivity contribution in [1.82, 2.24) is 0 Å². The fraction of sp³-hybridized carbons (Fsp3) is 0.354. The molecule has 2 aliphatic heterocycles. The lowest BCUT2D eigenvalue weighted by atomic mass is 9.97. The van der Waals surface area contributed by atoms with Crippen molar-refractivity contribution in [2.75, 3.05) is 27.1 Å². The highest BCUT2D eigenvalue weighted by molar-refractivity contribution is 5.91. The Morgan fingerprint density at radius 2 is 0.761 bits per heavy atom. The van der Waals surface area contributed by atoms with Crippen molar-refractivity contribution >= 4 is 41.8 Å². The van der Waals surface area contributed by atoms with Gasteiger partial charge in [0.15, 0.2) is 42.9 Å². The first-order chi connectivity index (χ1) is 32.3. The van der Waals surface area contributed by atoms with E-state index >= 15 is 0 Å². The van der Waals surface area contributed by atoms with Crippen molar-refractivity contribution in [2.24, 2.45) is 0 Å². The molecule has 4 aromatic carbocycles. The van der Waals surface area contributed by atoms with Gasteiger partial charge in [-0.05, 0) is 48.5 Å². The zero-order chi connectivity index (χ0) is 47.9. The molecule has 354 valence electrons. The third-order valence-electron chi connectivity index (χ3n) is 10.1. The number of rotatable bonds is 18. The number of esters is 7. The smallest absolute Gasteiger partial charge is 0.338 e. The third-order valence-corrected chi connectivity index (χ3v) is 10.1. The average molecular weight is 929 g/mol. The predicted molar refractivity (Wildman–Crippen MR) is 227 cm³/mol. The van der Waals surface area contributed by atoms with Crippen LogP contribution in [-0.2, 0) is 71.2 Å². The van der Waals surface area contributed by atoms with Crippen LogP contribution in [0.3, 0.4) is 0 Å². The fourth-order valence-corrected chi connectivity index (χ4v) is 7.12. The summed E-state index contributed by atoms with van der Waals surface area (Å²) in [6.07, 6.45) is -15.1. The molecule has 2 saturated heterocycles. The first kappa shape index (κ1) is 49.4. The largest absolute Gasteiger partial charge is 0.459 e. The van der Waals surface area contributed by atoms with Gasteiger partial charge in [-0.2, -0.15) is 0 Å². The Labute approximate surface area is 384 Å². The fourth-order valence-electron chi connectivity index (χ4n) is 7.12. The van der Waals surface area contributed by atoms with Gasteiger partial charge in [-0.3, -0.25) is 14.4 Å². The molecule has 19 heteroatoms. The van der Waals surface area contributed by atoms with Crippen molar-refractivity contribution in [3.63, 3.8) is 0 Å². The van der Waals surface area contributed by atoms with Gasteiger partial charge < -0.3 is 56.8 Å². The number of carbonyl (C=O) groups excluding carboxylic acids is 7. The van der Waals surface area contributed by atoms with E-state index in [1.54, 1.807) is 72.8 Å². The molecule has 0 amide bonds. The Kier molecular flexibility index (Phi) is 17.7. The standard InChI is InChI=1S/C48H48O19/c1-28(49)60-37-35(63-47(56-4)41(62-30(3)51)39(37)61-29(2)50)25-57-27-59-48-42(67-46(55)34-23-15-8-16-24-34)40(66-45(54)33-21-13-7-14-22-33)38(65-44(53)32-19-11-6-12-20-32)36(64-48)26-58-43(52)31-17-9-5-10-18-31/h5-24,35-42,47-48H,25-27H2,1-4H3/t35-,36-,37-,38-,39+,40+,41-,42+,47+,48+/m1/s1. The van der Waals surface area contributed by atoms with Crippen molar-refractivity contribution in [1.29, 1.82) is 0 Å². The highest BCUT2D eigenvalue weighted by Gasteiger charge is 2.55. The topological polar surface area (TPSA) is 230 Å². The molecule has 4 aromatic rings. The zero-order valence-corrected chi connectivity index (χ0v) is 36.7. The molecular weight excluding hydrogens is 881 g/mol. The van der Waals surface area contributed by atoms with Gasteiger partial charge in [0.05, 0.1) is 28.9 Å². The third kappa shape index (κ3) is 13.5. The maximum Gasteiger partial charge on any atom is 0.338 e. The number of ether oxygens (including phenoxy) is 12. The molecule has 2 fully saturated rings. The maximum atomic E-state index is 13.9. The lowest BCUT2D eigenvalue weighted by Gasteiger charge is -2.44. The van der Waals surface area contributed by atoms with E-state index in [-0.39, 0.29) is 22.3 Å². The summed E-state index contributed by atoms with van der Waals surface area (Å²) >= 11 is 0. The Morgan fingerprint density at radius 3 is 1.22 bits per heavy atom. The van der Waals surface area contributed by atoms with Gasteiger partial charge in [-0.1, -0.05) is 72.8 Å². The Morgan fingerprint density at radius 1 is 0.418 bits per heavy atom. The van der Waals surface area contributed by atoms with E-state index in [0.29, 0.717) is 0 Å². The summed E-state index contributed by atoms with van der Waals surface area (Å²) in [5.74, 6) is -5.89. The summed E-state index contributed by atoms with van der Waals surface area (Å²) in [7, 11) is 1.25. The van der Waals surface area contributed by atoms with Crippen LogP contribution in [0, 0.1) is 0 Å². The maximum absolute atomic E-state index is 13.9. The highest BCUT2D eigenvalue weighted by Crippen LogP contribution is 2.33. The average Bonchev–Trinajstić information content (AvgIpc) is 3.33. The van der Waals surface area contributed by atoms with Crippen LogP contribution < -0.4 is 0 Å². The molecule has 0 spiro atoms. The van der Waals surface area contributed by atoms with Crippen molar-refractivity contribution in [3.8, 4) is 0 Å². The predicted octanol–water partition coefficient (Wildman–Crippen LogP) is 4.40. The molecule has 19 nitrogen and oxygen atoms in total. The Bertz CT molecular complexity index is 2290. The van der Waals surface area contributed by atoms with Gasteiger partial charge >= 0.3 is 41.8 Å². The molecule has 0 N–H and O–H groups in total. The van der Waals surface area contributed by atoms with E-state index in [0.717, 1.165) is 20.8 Å². The molecule has 10 atom stereocenters. The molecule has 0 aliphatic carbocycles. The second kappa shape index (κ2) is 23.9. The summed E-state index contributed by atoms with van der Waals surface area (Å²) < 4.78 is 69.9. The number of methoxy groups -OCH3 is 1. The van der Waals surface area contributed by atoms with Crippen LogP contribution in [0.1, 0.15) is 62.2 Å². The lowest BCUT2D eigenvalue weighted by Crippen LogP contribution is -2.63. The van der Waals surface area contributed by atoms with Gasteiger partial charge in [-0.25, -0.2) is 19.2 Å². The summed E-state index contributed by atoms with van der Waals surface area (Å²) in [5, 5.41) is 0. The van der Waals surface area contributed by atoms with E-state index in [2.05, 4.69) is 0 Å². The van der Waals surface area contributed by atoms with Crippen LogP contribution >= 0.6 is 0 Å². The van der Waals surface area contributed by atoms with Crippen LogP contribution in [0.15, 0.2) is 121 Å². The normalized spacial score (nSPS) is 24.5. The van der Waals surface area contributed by atoms with Crippen LogP contribution in [-0.4, -0.2) is 130 Å². The van der Waals surface area contributed by atoms with E-state index in [9.17, 15) is 33.6 Å². The van der Waals surface area contributed by atoms with E-state index in [1.165, 1.54) is 55.6 Å². The van der Waals surface area contributed by atoms with Gasteiger partial charge in [0.25, 0.3) is 0 Å². The molecule has 67 heavy (non-hydrogen) atoms. The van der Waals surface area contributed by atoms with Crippen molar-refractivity contribution in [2.45, 2.75) is 82.2 Å². The summed E-state index contributed by atoms with van der Waals surface area (Å²) in [6.45, 7) is 1.52. The SMILES string of the molecule is CO[C@H]1O[C@H](COCO[C@H]2O[C@H](COC(=O)c3ccccc3)[C@@H](OC(=O)c3ccccc3)[C@H](OC(=O)c3ccccc3)[C@@H]2OC(=O)c2ccccc2)[C@@H](OC(C)=O)[C@H](OC(C)=O)[C@H]1OC(C)=O. The zero-order valence-electron chi connectivity index (χ0n) is 36.7. The van der Waals surface area contributed by atoms with Crippen LogP contribution in [0.5, 0.6) is 0 Å². The lowest BCUT2D eigenvalue weighted by molar-refractivity contribution is -0.324. The molecule has 0 saturated carbocycles. The van der Waals surface area contributed by atoms with E-state index in [4.69, 9.17) is 56.8 Å². The monoisotopic (exact) mass is 928 g/mol. The van der Waals surface area contributed by atoms with Gasteiger partial charge in [0.1, 0.15) is 25.6 Å². The minimum atomic E-state index is -1.73. The minimum absolute atomic E-state index is 0.0790. The minimum Gasteiger partial charge on any atom is -0.459 e. The Balaban J connectivity index is 1.34. The number of hydrogen-bond acceptors (Lipinski definition) is 19. The van der Waals surface area contributed by atoms with Crippen LogP contribution in [0.25, 0.3) is 0 Å². The quantitative estimate of drug-likeness (QED) is 0.0582. The summed E-state index contributed by atoms with van der Waals surface area (Å²) in [6, 6.07) is 31.5. The summed E-state index contributed by atoms with van der Waals surface area (Å²) in [5.41, 5.74) is 0.440. The molecule has 0 aromatic heterocycles. The first-order valence-electron chi connectivity index (χ1n) is 20.9. The van der Waals surface area contributed by atoms with E-state index < -0.39 is 123 Å². The Hall–Kier alpha value is -7.03. The van der Waals surface area contributed by atoms with Crippen LogP contribution in [0.4, 0.5) is 0 Å². The molecule has 2 heterocycles. The molecule has 0 radical (unpaired) electrons. The molecular formula is C48H48O19. The molecule has 0 bridgehead atoms. The van der Waals surface area contributed by atoms with Gasteiger partial charge in [-0.15, -0.1) is 0 Å². The van der Waals surface area contributed by atoms with Crippen molar-refractivity contribution < 1.29 is 90.4 Å². The highest BCUT2D eigenvalue weighted by atomic mass is 16.8. The van der Waals surface area contributed by atoms with Gasteiger partial charge in [0, 0.05) is 27.9 Å². The van der Waals surface area contributed by atoms with Gasteiger partial charge in [0.2, 0.25) is 6.29 Å². The van der Waals surface area contributed by atoms with Crippen molar-refractivity contribution in [3.05, 3.63) is 144 Å². The second-order valence-corrected chi connectivity index (χ2v) is 14.9. The molecule has 6 rings (SSSR count). The number of benzene rings is 4. The summed E-state index contributed by atoms with van der Waals surface area (Å²) in [4.78, 5) is 91.5. The molecule has 2 aliphatic rings. The van der Waals surface area contributed by atoms with Crippen LogP contribution in [0.2, 0.25) is 0 Å². The number of carbonyl (C=O) groups is 7. The first-order valence-corrected chi connectivity index (χ1v) is 20.9. The van der Waals surface area contributed by atoms with E-state index in [1.807, 2.05) is 0 Å². The number of hydrogen-bond donors (Lipinski definition) is 0.